The highest BCUT2D eigenvalue weighted by Gasteiger charge is 1.99. The second-order valence-corrected chi connectivity index (χ2v) is 4.35. The van der Waals surface area contributed by atoms with E-state index >= 15 is 0 Å². The maximum atomic E-state index is 11.4. The number of ether oxygens (including phenoxy) is 1. The van der Waals surface area contributed by atoms with E-state index in [1.165, 1.54) is 6.08 Å². The number of hydrogen-bond donors (Lipinski definition) is 0. The molecule has 0 spiro atoms. The Morgan fingerprint density at radius 2 is 2.00 bits per heavy atom. The zero-order valence-corrected chi connectivity index (χ0v) is 11.1. The van der Waals surface area contributed by atoms with Crippen LogP contribution in [0.5, 0.6) is 0 Å². The van der Waals surface area contributed by atoms with Crippen LogP contribution in [0.15, 0.2) is 57.6 Å². The van der Waals surface area contributed by atoms with Gasteiger partial charge in [-0.15, -0.1) is 0 Å². The van der Waals surface area contributed by atoms with Crippen LogP contribution in [0.1, 0.15) is 11.3 Å². The summed E-state index contributed by atoms with van der Waals surface area (Å²) >= 11 is 3.18. The van der Waals surface area contributed by atoms with Gasteiger partial charge in [0.25, 0.3) is 0 Å². The number of furan rings is 1. The van der Waals surface area contributed by atoms with Crippen LogP contribution in [0.3, 0.4) is 0 Å². The normalized spacial score (nSPS) is 10.7. The van der Waals surface area contributed by atoms with E-state index < -0.39 is 5.97 Å². The maximum absolute atomic E-state index is 11.4. The predicted molar refractivity (Wildman–Crippen MR) is 71.7 cm³/mol. The number of rotatable bonds is 4. The van der Waals surface area contributed by atoms with Crippen molar-refractivity contribution in [2.24, 2.45) is 0 Å². The minimum Gasteiger partial charge on any atom is -0.458 e. The smallest absolute Gasteiger partial charge is 0.331 e. The molecule has 1 aromatic carbocycles. The lowest BCUT2D eigenvalue weighted by Crippen LogP contribution is -2.00. The van der Waals surface area contributed by atoms with Crippen molar-refractivity contribution in [1.29, 1.82) is 0 Å². The zero-order chi connectivity index (χ0) is 12.8. The van der Waals surface area contributed by atoms with Crippen LogP contribution in [0, 0.1) is 0 Å². The molecule has 0 aliphatic rings. The van der Waals surface area contributed by atoms with Gasteiger partial charge in [0.05, 0.1) is 0 Å². The standard InChI is InChI=1S/C14H11BrO3/c15-13-8-6-12(18-13)7-9-14(16)17-10-11-4-2-1-3-5-11/h1-9H,10H2/b9-7+. The van der Waals surface area contributed by atoms with Crippen LogP contribution < -0.4 is 0 Å². The van der Waals surface area contributed by atoms with Crippen LogP contribution in [0.25, 0.3) is 6.08 Å². The molecule has 0 fully saturated rings. The number of esters is 1. The van der Waals surface area contributed by atoms with Gasteiger partial charge in [-0.3, -0.25) is 0 Å². The molecule has 0 saturated heterocycles. The summed E-state index contributed by atoms with van der Waals surface area (Å²) in [5.74, 6) is 0.199. The molecule has 0 atom stereocenters. The molecule has 1 heterocycles. The van der Waals surface area contributed by atoms with Crippen molar-refractivity contribution in [3.8, 4) is 0 Å². The fourth-order valence-corrected chi connectivity index (χ4v) is 1.66. The maximum Gasteiger partial charge on any atom is 0.331 e. The second-order valence-electron chi connectivity index (χ2n) is 3.57. The van der Waals surface area contributed by atoms with E-state index in [0.717, 1.165) is 5.56 Å². The molecule has 92 valence electrons. The zero-order valence-electron chi connectivity index (χ0n) is 9.51. The Bertz CT molecular complexity index is 543. The van der Waals surface area contributed by atoms with Gasteiger partial charge >= 0.3 is 5.97 Å². The number of halogens is 1. The molecule has 3 nitrogen and oxygen atoms in total. The Hall–Kier alpha value is -1.81. The van der Waals surface area contributed by atoms with Crippen molar-refractivity contribution < 1.29 is 13.9 Å². The lowest BCUT2D eigenvalue weighted by molar-refractivity contribution is -0.138. The molecule has 2 rings (SSSR count). The van der Waals surface area contributed by atoms with Crippen molar-refractivity contribution in [3.05, 3.63) is 64.5 Å². The Kier molecular flexibility index (Phi) is 4.36. The molecular formula is C14H11BrO3. The highest BCUT2D eigenvalue weighted by atomic mass is 79.9. The summed E-state index contributed by atoms with van der Waals surface area (Å²) in [7, 11) is 0. The molecule has 0 unspecified atom stereocenters. The number of carbonyl (C=O) groups excluding carboxylic acids is 1. The van der Waals surface area contributed by atoms with E-state index in [-0.39, 0.29) is 6.61 Å². The van der Waals surface area contributed by atoms with Crippen molar-refractivity contribution >= 4 is 28.0 Å². The third-order valence-corrected chi connectivity index (χ3v) is 2.63. The largest absolute Gasteiger partial charge is 0.458 e. The van der Waals surface area contributed by atoms with Crippen LogP contribution in [-0.4, -0.2) is 5.97 Å². The summed E-state index contributed by atoms with van der Waals surface area (Å²) in [5, 5.41) is 0. The van der Waals surface area contributed by atoms with Gasteiger partial charge in [-0.05, 0) is 39.7 Å². The van der Waals surface area contributed by atoms with Crippen LogP contribution in [0.2, 0.25) is 0 Å². The third kappa shape index (κ3) is 3.89. The highest BCUT2D eigenvalue weighted by molar-refractivity contribution is 9.10. The van der Waals surface area contributed by atoms with E-state index in [1.807, 2.05) is 30.3 Å². The summed E-state index contributed by atoms with van der Waals surface area (Å²) in [6.45, 7) is 0.270. The molecule has 2 aromatic rings. The predicted octanol–water partition coefficient (Wildman–Crippen LogP) is 3.80. The summed E-state index contributed by atoms with van der Waals surface area (Å²) in [5.41, 5.74) is 0.958. The molecule has 1 aromatic heterocycles. The molecule has 0 amide bonds. The molecule has 0 radical (unpaired) electrons. The van der Waals surface area contributed by atoms with Gasteiger partial charge in [0.15, 0.2) is 4.67 Å². The first-order valence-corrected chi connectivity index (χ1v) is 6.17. The minimum atomic E-state index is -0.397. The van der Waals surface area contributed by atoms with Gasteiger partial charge < -0.3 is 9.15 Å². The fourth-order valence-electron chi connectivity index (χ4n) is 1.34. The van der Waals surface area contributed by atoms with E-state index in [0.29, 0.717) is 10.4 Å². The first kappa shape index (κ1) is 12.6. The van der Waals surface area contributed by atoms with E-state index in [2.05, 4.69) is 15.9 Å². The average molecular weight is 307 g/mol. The lowest BCUT2D eigenvalue weighted by atomic mass is 10.2. The molecule has 0 saturated carbocycles. The van der Waals surface area contributed by atoms with Gasteiger partial charge in [0, 0.05) is 6.08 Å². The lowest BCUT2D eigenvalue weighted by Gasteiger charge is -2.01. The number of benzene rings is 1. The van der Waals surface area contributed by atoms with Gasteiger partial charge in [-0.1, -0.05) is 30.3 Å². The summed E-state index contributed by atoms with van der Waals surface area (Å²) in [4.78, 5) is 11.4. The van der Waals surface area contributed by atoms with Crippen LogP contribution in [0.4, 0.5) is 0 Å². The third-order valence-electron chi connectivity index (χ3n) is 2.20. The molecule has 4 heteroatoms. The molecule has 18 heavy (non-hydrogen) atoms. The first-order chi connectivity index (χ1) is 8.74. The Morgan fingerprint density at radius 3 is 2.67 bits per heavy atom. The van der Waals surface area contributed by atoms with Crippen molar-refractivity contribution in [1.82, 2.24) is 0 Å². The van der Waals surface area contributed by atoms with Crippen molar-refractivity contribution in [2.45, 2.75) is 6.61 Å². The topological polar surface area (TPSA) is 39.4 Å². The Labute approximate surface area is 113 Å². The second kappa shape index (κ2) is 6.21. The Balaban J connectivity index is 1.84. The van der Waals surface area contributed by atoms with Crippen LogP contribution >= 0.6 is 15.9 Å². The average Bonchev–Trinajstić information content (AvgIpc) is 2.81. The summed E-state index contributed by atoms with van der Waals surface area (Å²) in [6.07, 6.45) is 2.91. The first-order valence-electron chi connectivity index (χ1n) is 5.38. The van der Waals surface area contributed by atoms with E-state index in [1.54, 1.807) is 18.2 Å². The van der Waals surface area contributed by atoms with Gasteiger partial charge in [-0.2, -0.15) is 0 Å². The van der Waals surface area contributed by atoms with Crippen molar-refractivity contribution in [3.63, 3.8) is 0 Å². The SMILES string of the molecule is O=C(/C=C/c1ccc(Br)o1)OCc1ccccc1. The molecule has 0 bridgehead atoms. The number of carbonyl (C=O) groups is 1. The highest BCUT2D eigenvalue weighted by Crippen LogP contribution is 2.15. The monoisotopic (exact) mass is 306 g/mol. The summed E-state index contributed by atoms with van der Waals surface area (Å²) < 4.78 is 10.9. The van der Waals surface area contributed by atoms with E-state index in [4.69, 9.17) is 9.15 Å². The van der Waals surface area contributed by atoms with E-state index in [9.17, 15) is 4.79 Å². The fraction of sp³-hybridized carbons (Fsp3) is 0.0714. The Morgan fingerprint density at radius 1 is 1.22 bits per heavy atom. The van der Waals surface area contributed by atoms with Crippen molar-refractivity contribution in [2.75, 3.05) is 0 Å². The quantitative estimate of drug-likeness (QED) is 0.637. The molecule has 0 aliphatic carbocycles. The molecule has 0 N–H and O–H groups in total. The van der Waals surface area contributed by atoms with Gasteiger partial charge in [0.1, 0.15) is 12.4 Å². The summed E-state index contributed by atoms with van der Waals surface area (Å²) in [6, 6.07) is 13.0. The molecule has 0 aliphatic heterocycles. The molecular weight excluding hydrogens is 296 g/mol. The number of hydrogen-bond acceptors (Lipinski definition) is 3. The van der Waals surface area contributed by atoms with Gasteiger partial charge in [0.2, 0.25) is 0 Å². The minimum absolute atomic E-state index is 0.270. The van der Waals surface area contributed by atoms with Gasteiger partial charge in [-0.25, -0.2) is 4.79 Å². The van der Waals surface area contributed by atoms with Crippen LogP contribution in [-0.2, 0) is 16.1 Å².